The number of carboxylic acid groups (broad SMARTS) is 2. The summed E-state index contributed by atoms with van der Waals surface area (Å²) in [7, 11) is -3.81. The first-order valence-corrected chi connectivity index (χ1v) is 8.63. The Bertz CT molecular complexity index is 644. The summed E-state index contributed by atoms with van der Waals surface area (Å²) < 4.78 is 0. The van der Waals surface area contributed by atoms with Gasteiger partial charge in [0.1, 0.15) is 6.16 Å². The number of nitrogens with zero attached hydrogens (tertiary/aromatic N) is 2. The fourth-order valence-electron chi connectivity index (χ4n) is 1.78. The molecule has 0 spiro atoms. The molecule has 0 radical (unpaired) electrons. The molecule has 0 aliphatic carbocycles. The summed E-state index contributed by atoms with van der Waals surface area (Å²) in [6.07, 6.45) is -1.18. The number of hydrogen-bond donors (Lipinski definition) is 4. The van der Waals surface area contributed by atoms with Gasteiger partial charge in [-0.3, -0.25) is 19.7 Å². The summed E-state index contributed by atoms with van der Waals surface area (Å²) in [4.78, 5) is 55.1. The molecule has 0 bridgehead atoms. The van der Waals surface area contributed by atoms with Gasteiger partial charge >= 0.3 is 19.7 Å². The summed E-state index contributed by atoms with van der Waals surface area (Å²) >= 11 is 0. The van der Waals surface area contributed by atoms with E-state index in [1.807, 2.05) is 0 Å². The summed E-state index contributed by atoms with van der Waals surface area (Å²) in [5.41, 5.74) is 0.0769. The molecule has 0 saturated heterocycles. The van der Waals surface area contributed by atoms with Gasteiger partial charge in [-0.15, -0.1) is 0 Å². The van der Waals surface area contributed by atoms with E-state index >= 15 is 0 Å². The molecule has 4 N–H and O–H groups in total. The Hall–Kier alpha value is -2.42. The number of aliphatic carboxylic acids is 2. The number of nitro groups is 1. The average Bonchev–Trinajstić information content (AvgIpc) is 2.49. The number of nitro benzene ring substituents is 1. The molecule has 0 fully saturated rings. The standard InChI is InChI=1S/C13H15N2O8P/c16-12(17)6-1-9(13(18)19)7-24(22,23)8-14-10-2-4-11(5-3-10)15(20)21/h2-5,8-9,22-23H,1,6-7H2,(H-,16,17,18,19)/p+1. The number of non-ortho nitro benzene ring substituents is 1. The lowest BCUT2D eigenvalue weighted by Crippen LogP contribution is -2.21. The Balaban J connectivity index is 2.76. The molecule has 0 amide bonds. The lowest BCUT2D eigenvalue weighted by molar-refractivity contribution is -0.384. The van der Waals surface area contributed by atoms with Crippen LogP contribution < -0.4 is 0 Å². The lowest BCUT2D eigenvalue weighted by atomic mass is 10.1. The van der Waals surface area contributed by atoms with E-state index in [1.54, 1.807) is 0 Å². The smallest absolute Gasteiger partial charge is 0.312 e. The van der Waals surface area contributed by atoms with Gasteiger partial charge in [-0.1, -0.05) is 0 Å². The first-order valence-electron chi connectivity index (χ1n) is 6.68. The van der Waals surface area contributed by atoms with Gasteiger partial charge in [0.25, 0.3) is 5.69 Å². The number of benzene rings is 1. The van der Waals surface area contributed by atoms with Crippen LogP contribution in [0.3, 0.4) is 0 Å². The predicted molar refractivity (Wildman–Crippen MR) is 85.5 cm³/mol. The first kappa shape index (κ1) is 19.6. The van der Waals surface area contributed by atoms with E-state index in [1.165, 1.54) is 24.3 Å². The number of aliphatic imine (C=N–C) groups is 1. The number of hydrogen-bond acceptors (Lipinski definition) is 7. The van der Waals surface area contributed by atoms with Crippen LogP contribution in [-0.4, -0.2) is 49.0 Å². The van der Waals surface area contributed by atoms with Crippen molar-refractivity contribution in [3.8, 4) is 0 Å². The first-order chi connectivity index (χ1) is 11.1. The number of carbonyl (C=O) groups is 2. The molecular formula is C13H16N2O8P+. The number of carboxylic acids is 2. The monoisotopic (exact) mass is 359 g/mol. The van der Waals surface area contributed by atoms with Crippen molar-refractivity contribution in [2.45, 2.75) is 12.8 Å². The van der Waals surface area contributed by atoms with Crippen LogP contribution in [0.2, 0.25) is 0 Å². The maximum Gasteiger partial charge on any atom is 0.312 e. The fraction of sp³-hybridized carbons (Fsp3) is 0.308. The van der Waals surface area contributed by atoms with E-state index in [4.69, 9.17) is 10.2 Å². The van der Waals surface area contributed by atoms with E-state index in [0.29, 0.717) is 0 Å². The zero-order valence-electron chi connectivity index (χ0n) is 12.3. The Labute approximate surface area is 136 Å². The second kappa shape index (κ2) is 8.44. The van der Waals surface area contributed by atoms with Crippen molar-refractivity contribution in [1.82, 2.24) is 0 Å². The second-order valence-corrected chi connectivity index (χ2v) is 7.12. The maximum absolute atomic E-state index is 11.1. The fourth-order valence-corrected chi connectivity index (χ4v) is 3.18. The van der Waals surface area contributed by atoms with Crippen molar-refractivity contribution in [2.75, 3.05) is 6.16 Å². The van der Waals surface area contributed by atoms with Gasteiger partial charge in [0.05, 0.1) is 16.5 Å². The molecule has 1 unspecified atom stereocenters. The molecule has 1 rings (SSSR count). The van der Waals surface area contributed by atoms with Gasteiger partial charge in [0.15, 0.2) is 0 Å². The van der Waals surface area contributed by atoms with Crippen molar-refractivity contribution < 1.29 is 34.5 Å². The third-order valence-electron chi connectivity index (χ3n) is 3.00. The van der Waals surface area contributed by atoms with Crippen LogP contribution in [-0.2, 0) is 9.59 Å². The van der Waals surface area contributed by atoms with Crippen LogP contribution in [0.5, 0.6) is 0 Å². The van der Waals surface area contributed by atoms with E-state index < -0.39 is 43.1 Å². The van der Waals surface area contributed by atoms with E-state index in [0.717, 1.165) is 5.96 Å². The highest BCUT2D eigenvalue weighted by Crippen LogP contribution is 2.49. The van der Waals surface area contributed by atoms with Gasteiger partial charge in [-0.05, 0) is 18.6 Å². The van der Waals surface area contributed by atoms with Crippen molar-refractivity contribution in [1.29, 1.82) is 0 Å². The lowest BCUT2D eigenvalue weighted by Gasteiger charge is -2.13. The predicted octanol–water partition coefficient (Wildman–Crippen LogP) is 1.65. The molecule has 1 atom stereocenters. The molecule has 1 aromatic carbocycles. The van der Waals surface area contributed by atoms with Gasteiger partial charge in [-0.2, -0.15) is 0 Å². The van der Waals surface area contributed by atoms with Crippen LogP contribution in [0.15, 0.2) is 29.3 Å². The molecular weight excluding hydrogens is 343 g/mol. The highest BCUT2D eigenvalue weighted by molar-refractivity contribution is 7.79. The topological polar surface area (TPSA) is 171 Å². The summed E-state index contributed by atoms with van der Waals surface area (Å²) in [5.74, 6) is -2.92. The third kappa shape index (κ3) is 6.78. The molecule has 0 aliphatic rings. The molecule has 10 nitrogen and oxygen atoms in total. The Morgan fingerprint density at radius 3 is 2.29 bits per heavy atom. The zero-order chi connectivity index (χ0) is 18.3. The molecule has 24 heavy (non-hydrogen) atoms. The Kier molecular flexibility index (Phi) is 6.90. The third-order valence-corrected chi connectivity index (χ3v) is 4.46. The summed E-state index contributed by atoms with van der Waals surface area (Å²) in [6.45, 7) is 0. The van der Waals surface area contributed by atoms with Crippen molar-refractivity contribution in [2.24, 2.45) is 10.9 Å². The minimum Gasteiger partial charge on any atom is -0.481 e. The SMILES string of the molecule is O=C(O)CCC(C[P+](O)(O)C=Nc1ccc([N+](=O)[O-])cc1)C(=O)O. The molecule has 0 heterocycles. The number of rotatable bonds is 9. The van der Waals surface area contributed by atoms with E-state index in [9.17, 15) is 29.5 Å². The Morgan fingerprint density at radius 2 is 1.83 bits per heavy atom. The Morgan fingerprint density at radius 1 is 1.25 bits per heavy atom. The highest BCUT2D eigenvalue weighted by atomic mass is 31.2. The molecule has 0 aromatic heterocycles. The quantitative estimate of drug-likeness (QED) is 0.223. The molecule has 0 saturated carbocycles. The largest absolute Gasteiger partial charge is 0.481 e. The van der Waals surface area contributed by atoms with Gasteiger partial charge in [0, 0.05) is 18.6 Å². The molecule has 0 aliphatic heterocycles. The normalized spacial score (nSPS) is 12.9. The molecule has 130 valence electrons. The zero-order valence-corrected chi connectivity index (χ0v) is 13.2. The van der Waals surface area contributed by atoms with Gasteiger partial charge in [-0.25, -0.2) is 14.8 Å². The van der Waals surface area contributed by atoms with E-state index in [-0.39, 0.29) is 17.8 Å². The van der Waals surface area contributed by atoms with Crippen LogP contribution in [0.25, 0.3) is 0 Å². The molecule has 1 aromatic rings. The average molecular weight is 359 g/mol. The second-order valence-electron chi connectivity index (χ2n) is 4.95. The summed E-state index contributed by atoms with van der Waals surface area (Å²) in [6, 6.07) is 4.98. The van der Waals surface area contributed by atoms with Crippen LogP contribution in [0, 0.1) is 16.0 Å². The maximum atomic E-state index is 11.1. The van der Waals surface area contributed by atoms with E-state index in [2.05, 4.69) is 4.99 Å². The van der Waals surface area contributed by atoms with Gasteiger partial charge in [0.2, 0.25) is 5.96 Å². The van der Waals surface area contributed by atoms with Crippen molar-refractivity contribution >= 4 is 37.0 Å². The molecule has 11 heteroatoms. The van der Waals surface area contributed by atoms with Crippen LogP contribution in [0.1, 0.15) is 12.8 Å². The highest BCUT2D eigenvalue weighted by Gasteiger charge is 2.38. The minimum absolute atomic E-state index is 0.150. The van der Waals surface area contributed by atoms with Crippen molar-refractivity contribution in [3.63, 3.8) is 0 Å². The van der Waals surface area contributed by atoms with Crippen molar-refractivity contribution in [3.05, 3.63) is 34.4 Å². The summed E-state index contributed by atoms with van der Waals surface area (Å²) in [5, 5.41) is 28.1. The van der Waals surface area contributed by atoms with Gasteiger partial charge < -0.3 is 10.2 Å². The van der Waals surface area contributed by atoms with Crippen LogP contribution in [0.4, 0.5) is 11.4 Å². The van der Waals surface area contributed by atoms with Crippen LogP contribution >= 0.6 is 7.72 Å². The minimum atomic E-state index is -3.81.